The molecule has 0 radical (unpaired) electrons. The SMILES string of the molecule is COc1cccc(F)c1C(O)c1cscc1Br. The standard InChI is InChI=1S/C12H10BrFO2S/c1-16-10-4-2-3-9(14)11(10)12(15)7-5-17-6-8(7)13/h2-6,12,15H,1H3. The Kier molecular flexibility index (Phi) is 3.81. The molecule has 17 heavy (non-hydrogen) atoms. The quantitative estimate of drug-likeness (QED) is 0.934. The van der Waals surface area contributed by atoms with E-state index in [0.29, 0.717) is 11.3 Å². The van der Waals surface area contributed by atoms with Gasteiger partial charge in [-0.1, -0.05) is 6.07 Å². The molecule has 0 saturated carbocycles. The normalized spacial score (nSPS) is 12.5. The van der Waals surface area contributed by atoms with Gasteiger partial charge < -0.3 is 9.84 Å². The number of thiophene rings is 1. The lowest BCUT2D eigenvalue weighted by Crippen LogP contribution is -2.04. The zero-order valence-corrected chi connectivity index (χ0v) is 11.4. The Hall–Kier alpha value is -0.910. The molecule has 2 nitrogen and oxygen atoms in total. The number of methoxy groups -OCH3 is 1. The maximum Gasteiger partial charge on any atom is 0.133 e. The van der Waals surface area contributed by atoms with Crippen LogP contribution >= 0.6 is 27.3 Å². The average Bonchev–Trinajstić information content (AvgIpc) is 2.74. The van der Waals surface area contributed by atoms with Gasteiger partial charge in [0, 0.05) is 15.4 Å². The summed E-state index contributed by atoms with van der Waals surface area (Å²) in [6, 6.07) is 4.48. The van der Waals surface area contributed by atoms with Gasteiger partial charge in [0.25, 0.3) is 0 Å². The Labute approximate surface area is 111 Å². The van der Waals surface area contributed by atoms with Crippen LogP contribution in [0.25, 0.3) is 0 Å². The Balaban J connectivity index is 2.50. The maximum atomic E-state index is 13.8. The maximum absolute atomic E-state index is 13.8. The molecule has 0 fully saturated rings. The number of benzene rings is 1. The van der Waals surface area contributed by atoms with Crippen molar-refractivity contribution in [3.63, 3.8) is 0 Å². The second kappa shape index (κ2) is 5.16. The molecule has 90 valence electrons. The molecule has 1 atom stereocenters. The highest BCUT2D eigenvalue weighted by Crippen LogP contribution is 2.36. The van der Waals surface area contributed by atoms with E-state index in [-0.39, 0.29) is 5.56 Å². The van der Waals surface area contributed by atoms with E-state index in [4.69, 9.17) is 4.74 Å². The molecular weight excluding hydrogens is 307 g/mol. The van der Waals surface area contributed by atoms with Crippen LogP contribution in [-0.4, -0.2) is 12.2 Å². The number of halogens is 2. The van der Waals surface area contributed by atoms with Crippen molar-refractivity contribution >= 4 is 27.3 Å². The summed E-state index contributed by atoms with van der Waals surface area (Å²) in [4.78, 5) is 0. The van der Waals surface area contributed by atoms with Crippen LogP contribution in [-0.2, 0) is 0 Å². The largest absolute Gasteiger partial charge is 0.496 e. The van der Waals surface area contributed by atoms with Crippen molar-refractivity contribution in [1.29, 1.82) is 0 Å². The molecule has 0 amide bonds. The van der Waals surface area contributed by atoms with E-state index in [1.165, 1.54) is 24.5 Å². The summed E-state index contributed by atoms with van der Waals surface area (Å²) in [6.45, 7) is 0. The van der Waals surface area contributed by atoms with E-state index in [0.717, 1.165) is 4.47 Å². The molecule has 5 heteroatoms. The van der Waals surface area contributed by atoms with Crippen molar-refractivity contribution < 1.29 is 14.2 Å². The fourth-order valence-corrected chi connectivity index (χ4v) is 3.14. The molecule has 0 saturated heterocycles. The lowest BCUT2D eigenvalue weighted by atomic mass is 10.0. The van der Waals surface area contributed by atoms with Crippen LogP contribution in [0, 0.1) is 5.82 Å². The van der Waals surface area contributed by atoms with E-state index in [1.807, 2.05) is 5.38 Å². The van der Waals surface area contributed by atoms with Gasteiger partial charge in [0.2, 0.25) is 0 Å². The second-order valence-electron chi connectivity index (χ2n) is 3.43. The summed E-state index contributed by atoms with van der Waals surface area (Å²) < 4.78 is 19.6. The van der Waals surface area contributed by atoms with Crippen molar-refractivity contribution in [2.24, 2.45) is 0 Å². The third-order valence-corrected chi connectivity index (χ3v) is 4.19. The van der Waals surface area contributed by atoms with Crippen LogP contribution < -0.4 is 4.74 Å². The molecule has 0 bridgehead atoms. The van der Waals surface area contributed by atoms with Gasteiger partial charge >= 0.3 is 0 Å². The highest BCUT2D eigenvalue weighted by Gasteiger charge is 2.22. The van der Waals surface area contributed by atoms with Crippen LogP contribution in [0.1, 0.15) is 17.2 Å². The number of ether oxygens (including phenoxy) is 1. The molecule has 1 N–H and O–H groups in total. The van der Waals surface area contributed by atoms with Gasteiger partial charge in [0.15, 0.2) is 0 Å². The smallest absolute Gasteiger partial charge is 0.133 e. The third-order valence-electron chi connectivity index (χ3n) is 2.44. The van der Waals surface area contributed by atoms with Crippen molar-refractivity contribution in [2.75, 3.05) is 7.11 Å². The molecule has 1 unspecified atom stereocenters. The highest BCUT2D eigenvalue weighted by molar-refractivity contribution is 9.10. The molecule has 2 rings (SSSR count). The molecule has 1 heterocycles. The van der Waals surface area contributed by atoms with Crippen molar-refractivity contribution in [3.8, 4) is 5.75 Å². The molecule has 1 aromatic heterocycles. The van der Waals surface area contributed by atoms with Crippen molar-refractivity contribution in [2.45, 2.75) is 6.10 Å². The first-order valence-corrected chi connectivity index (χ1v) is 6.60. The number of aliphatic hydroxyl groups excluding tert-OH is 1. The van der Waals surface area contributed by atoms with E-state index < -0.39 is 11.9 Å². The zero-order valence-electron chi connectivity index (χ0n) is 8.98. The zero-order chi connectivity index (χ0) is 12.4. The van der Waals surface area contributed by atoms with Crippen LogP contribution in [0.4, 0.5) is 4.39 Å². The highest BCUT2D eigenvalue weighted by atomic mass is 79.9. The van der Waals surface area contributed by atoms with Crippen LogP contribution in [0.15, 0.2) is 33.4 Å². The Morgan fingerprint density at radius 1 is 1.41 bits per heavy atom. The van der Waals surface area contributed by atoms with Gasteiger partial charge in [-0.15, -0.1) is 0 Å². The molecule has 0 aliphatic carbocycles. The predicted octanol–water partition coefficient (Wildman–Crippen LogP) is 3.74. The van der Waals surface area contributed by atoms with Gasteiger partial charge in [-0.05, 0) is 33.4 Å². The summed E-state index contributed by atoms with van der Waals surface area (Å²) in [5.74, 6) is -0.134. The van der Waals surface area contributed by atoms with Gasteiger partial charge in [-0.2, -0.15) is 11.3 Å². The number of rotatable bonds is 3. The van der Waals surface area contributed by atoms with Crippen LogP contribution in [0.2, 0.25) is 0 Å². The Bertz CT molecular complexity index is 527. The van der Waals surface area contributed by atoms with E-state index in [9.17, 15) is 9.50 Å². The Morgan fingerprint density at radius 2 is 2.18 bits per heavy atom. The first-order valence-electron chi connectivity index (χ1n) is 4.87. The summed E-state index contributed by atoms with van der Waals surface area (Å²) in [5, 5.41) is 13.8. The second-order valence-corrected chi connectivity index (χ2v) is 5.03. The molecule has 1 aromatic carbocycles. The van der Waals surface area contributed by atoms with Gasteiger partial charge in [-0.3, -0.25) is 0 Å². The van der Waals surface area contributed by atoms with Crippen molar-refractivity contribution in [1.82, 2.24) is 0 Å². The minimum Gasteiger partial charge on any atom is -0.496 e. The first-order chi connectivity index (χ1) is 8.15. The topological polar surface area (TPSA) is 29.5 Å². The minimum atomic E-state index is -1.04. The third kappa shape index (κ3) is 2.36. The lowest BCUT2D eigenvalue weighted by Gasteiger charge is -2.15. The Morgan fingerprint density at radius 3 is 2.76 bits per heavy atom. The summed E-state index contributed by atoms with van der Waals surface area (Å²) in [7, 11) is 1.45. The van der Waals surface area contributed by atoms with Crippen LogP contribution in [0.3, 0.4) is 0 Å². The molecule has 2 aromatic rings. The van der Waals surface area contributed by atoms with Gasteiger partial charge in [0.05, 0.1) is 12.7 Å². The van der Waals surface area contributed by atoms with Gasteiger partial charge in [0.1, 0.15) is 17.7 Å². The fourth-order valence-electron chi connectivity index (χ4n) is 1.60. The summed E-state index contributed by atoms with van der Waals surface area (Å²) in [6.07, 6.45) is -1.04. The molecule has 0 aliphatic rings. The van der Waals surface area contributed by atoms with Crippen LogP contribution in [0.5, 0.6) is 5.75 Å². The molecule has 0 aliphatic heterocycles. The minimum absolute atomic E-state index is 0.161. The monoisotopic (exact) mass is 316 g/mol. The van der Waals surface area contributed by atoms with Crippen molar-refractivity contribution in [3.05, 3.63) is 50.4 Å². The molecular formula is C12H10BrFO2S. The predicted molar refractivity (Wildman–Crippen MR) is 69.0 cm³/mol. The van der Waals surface area contributed by atoms with E-state index in [1.54, 1.807) is 17.5 Å². The summed E-state index contributed by atoms with van der Waals surface area (Å²) >= 11 is 4.76. The average molecular weight is 317 g/mol. The lowest BCUT2D eigenvalue weighted by molar-refractivity contribution is 0.208. The van der Waals surface area contributed by atoms with Gasteiger partial charge in [-0.25, -0.2) is 4.39 Å². The fraction of sp³-hybridized carbons (Fsp3) is 0.167. The van der Waals surface area contributed by atoms with E-state index >= 15 is 0 Å². The summed E-state index contributed by atoms with van der Waals surface area (Å²) in [5.41, 5.74) is 0.799. The number of hydrogen-bond acceptors (Lipinski definition) is 3. The molecule has 0 spiro atoms. The van der Waals surface area contributed by atoms with E-state index in [2.05, 4.69) is 15.9 Å². The number of aliphatic hydroxyl groups is 1. The first kappa shape index (κ1) is 12.5. The number of hydrogen-bond donors (Lipinski definition) is 1.